The molecule has 1 amide bonds. The molecule has 0 atom stereocenters. The topological polar surface area (TPSA) is 94.6 Å². The fourth-order valence-corrected chi connectivity index (χ4v) is 3.40. The molecule has 1 aromatic heterocycles. The summed E-state index contributed by atoms with van der Waals surface area (Å²) in [4.78, 5) is 16.8. The predicted octanol–water partition coefficient (Wildman–Crippen LogP) is 5.79. The number of anilines is 1. The summed E-state index contributed by atoms with van der Waals surface area (Å²) < 4.78 is 71.7. The number of pyridine rings is 1. The van der Waals surface area contributed by atoms with E-state index in [1.807, 2.05) is 0 Å². The summed E-state index contributed by atoms with van der Waals surface area (Å²) in [5, 5.41) is 3.08. The van der Waals surface area contributed by atoms with Crippen molar-refractivity contribution < 1.29 is 35.3 Å². The van der Waals surface area contributed by atoms with Crippen molar-refractivity contribution in [2.45, 2.75) is 38.8 Å². The van der Waals surface area contributed by atoms with Gasteiger partial charge in [0.1, 0.15) is 5.60 Å². The van der Waals surface area contributed by atoms with E-state index in [1.165, 1.54) is 6.07 Å². The van der Waals surface area contributed by atoms with Gasteiger partial charge in [-0.2, -0.15) is 21.6 Å². The van der Waals surface area contributed by atoms with E-state index in [-0.39, 0.29) is 11.1 Å². The second-order valence-electron chi connectivity index (χ2n) is 8.15. The third kappa shape index (κ3) is 5.72. The highest BCUT2D eigenvalue weighted by molar-refractivity contribution is 7.88. The first kappa shape index (κ1) is 24.3. The molecular formula is C22H21F3N2O5S. The number of halogens is 3. The SMILES string of the molecule is Cc1cccc(-c2ccc3ccc(OS(=O)(=O)C(F)(F)F)c(NC(=O)OC(C)(C)C)c3c2)n1. The molecule has 176 valence electrons. The van der Waals surface area contributed by atoms with Gasteiger partial charge in [0, 0.05) is 16.6 Å². The Bertz CT molecular complexity index is 1320. The zero-order valence-corrected chi connectivity index (χ0v) is 19.0. The number of hydrogen-bond donors (Lipinski definition) is 1. The number of aromatic nitrogens is 1. The highest BCUT2D eigenvalue weighted by Gasteiger charge is 2.49. The van der Waals surface area contributed by atoms with E-state index in [9.17, 15) is 26.4 Å². The van der Waals surface area contributed by atoms with Gasteiger partial charge in [0.25, 0.3) is 0 Å². The van der Waals surface area contributed by atoms with E-state index in [4.69, 9.17) is 4.74 Å². The van der Waals surface area contributed by atoms with Gasteiger partial charge in [-0.1, -0.05) is 24.3 Å². The Kier molecular flexibility index (Phi) is 6.29. The molecule has 0 saturated carbocycles. The molecule has 0 spiro atoms. The first-order valence-corrected chi connectivity index (χ1v) is 11.1. The summed E-state index contributed by atoms with van der Waals surface area (Å²) in [5.74, 6) is -0.708. The maximum atomic E-state index is 12.9. The minimum absolute atomic E-state index is 0.233. The number of amides is 1. The summed E-state index contributed by atoms with van der Waals surface area (Å²) >= 11 is 0. The molecule has 0 aliphatic carbocycles. The maximum Gasteiger partial charge on any atom is 0.534 e. The number of ether oxygens (including phenoxy) is 1. The van der Waals surface area contributed by atoms with Gasteiger partial charge in [0.05, 0.1) is 11.4 Å². The molecule has 1 N–H and O–H groups in total. The highest BCUT2D eigenvalue weighted by atomic mass is 32.2. The van der Waals surface area contributed by atoms with Crippen LogP contribution in [0.4, 0.5) is 23.7 Å². The van der Waals surface area contributed by atoms with Crippen LogP contribution in [0.2, 0.25) is 0 Å². The van der Waals surface area contributed by atoms with E-state index in [1.54, 1.807) is 64.1 Å². The molecule has 0 fully saturated rings. The van der Waals surface area contributed by atoms with E-state index < -0.39 is 33.1 Å². The Morgan fingerprint density at radius 1 is 1.03 bits per heavy atom. The van der Waals surface area contributed by atoms with Crippen LogP contribution in [-0.4, -0.2) is 30.6 Å². The molecule has 0 saturated heterocycles. The van der Waals surface area contributed by atoms with Crippen molar-refractivity contribution in [3.8, 4) is 17.0 Å². The molecular weight excluding hydrogens is 461 g/mol. The average molecular weight is 482 g/mol. The lowest BCUT2D eigenvalue weighted by Gasteiger charge is -2.21. The number of fused-ring (bicyclic) bond motifs is 1. The van der Waals surface area contributed by atoms with Crippen molar-refractivity contribution in [1.82, 2.24) is 4.98 Å². The van der Waals surface area contributed by atoms with Crippen LogP contribution in [0.3, 0.4) is 0 Å². The second kappa shape index (κ2) is 8.54. The van der Waals surface area contributed by atoms with E-state index in [0.717, 1.165) is 11.8 Å². The summed E-state index contributed by atoms with van der Waals surface area (Å²) in [6, 6.07) is 12.7. The Balaban J connectivity index is 2.19. The average Bonchev–Trinajstić information content (AvgIpc) is 2.67. The van der Waals surface area contributed by atoms with Crippen molar-refractivity contribution in [1.29, 1.82) is 0 Å². The molecule has 0 bridgehead atoms. The Labute approximate surface area is 188 Å². The minimum Gasteiger partial charge on any atom is -0.444 e. The monoisotopic (exact) mass is 482 g/mol. The smallest absolute Gasteiger partial charge is 0.444 e. The number of alkyl halides is 3. The van der Waals surface area contributed by atoms with Gasteiger partial charge in [-0.15, -0.1) is 0 Å². The molecule has 0 radical (unpaired) electrons. The number of carbonyl (C=O) groups excluding carboxylic acids is 1. The molecule has 11 heteroatoms. The molecule has 33 heavy (non-hydrogen) atoms. The first-order chi connectivity index (χ1) is 15.2. The number of aryl methyl sites for hydroxylation is 1. The van der Waals surface area contributed by atoms with Gasteiger partial charge in [-0.05, 0) is 57.3 Å². The summed E-state index contributed by atoms with van der Waals surface area (Å²) in [6.45, 7) is 6.60. The molecule has 3 rings (SSSR count). The lowest BCUT2D eigenvalue weighted by atomic mass is 10.0. The summed E-state index contributed by atoms with van der Waals surface area (Å²) in [5.41, 5.74) is -4.94. The van der Waals surface area contributed by atoms with Crippen molar-refractivity contribution in [2.75, 3.05) is 5.32 Å². The van der Waals surface area contributed by atoms with Crippen molar-refractivity contribution in [3.63, 3.8) is 0 Å². The fourth-order valence-electron chi connectivity index (χ4n) is 2.93. The van der Waals surface area contributed by atoms with Crippen LogP contribution in [0.5, 0.6) is 5.75 Å². The van der Waals surface area contributed by atoms with Crippen LogP contribution in [-0.2, 0) is 14.9 Å². The summed E-state index contributed by atoms with van der Waals surface area (Å²) in [6.07, 6.45) is -0.997. The standard InChI is InChI=1S/C22H21F3N2O5S/c1-13-6-5-7-17(26-13)15-9-8-14-10-11-18(32-33(29,30)22(23,24)25)19(16(14)12-15)27-20(28)31-21(2,3)4/h5-12H,1-4H3,(H,27,28). The van der Waals surface area contributed by atoms with Crippen LogP contribution < -0.4 is 9.50 Å². The van der Waals surface area contributed by atoms with Crippen LogP contribution in [0.1, 0.15) is 26.5 Å². The van der Waals surface area contributed by atoms with Gasteiger partial charge in [0.2, 0.25) is 0 Å². The minimum atomic E-state index is -5.99. The Morgan fingerprint density at radius 3 is 2.30 bits per heavy atom. The highest BCUT2D eigenvalue weighted by Crippen LogP contribution is 2.38. The van der Waals surface area contributed by atoms with E-state index in [2.05, 4.69) is 14.5 Å². The van der Waals surface area contributed by atoms with Crippen LogP contribution in [0.25, 0.3) is 22.0 Å². The van der Waals surface area contributed by atoms with Crippen LogP contribution in [0.15, 0.2) is 48.5 Å². The Morgan fingerprint density at radius 2 is 1.70 bits per heavy atom. The Hall–Kier alpha value is -3.34. The molecule has 7 nitrogen and oxygen atoms in total. The van der Waals surface area contributed by atoms with Crippen molar-refractivity contribution >= 4 is 32.7 Å². The normalized spacial score (nSPS) is 12.5. The lowest BCUT2D eigenvalue weighted by molar-refractivity contribution is -0.0499. The molecule has 2 aromatic carbocycles. The van der Waals surface area contributed by atoms with Gasteiger partial charge in [-0.3, -0.25) is 10.3 Å². The predicted molar refractivity (Wildman–Crippen MR) is 117 cm³/mol. The fraction of sp³-hybridized carbons (Fsp3) is 0.273. The summed E-state index contributed by atoms with van der Waals surface area (Å²) in [7, 11) is -5.99. The zero-order valence-electron chi connectivity index (χ0n) is 18.1. The lowest BCUT2D eigenvalue weighted by Crippen LogP contribution is -2.29. The molecule has 1 heterocycles. The van der Waals surface area contributed by atoms with E-state index >= 15 is 0 Å². The molecule has 3 aromatic rings. The number of rotatable bonds is 4. The zero-order chi connectivity index (χ0) is 24.6. The van der Waals surface area contributed by atoms with Crippen molar-refractivity contribution in [3.05, 3.63) is 54.2 Å². The van der Waals surface area contributed by atoms with E-state index in [0.29, 0.717) is 16.6 Å². The van der Waals surface area contributed by atoms with Gasteiger partial charge in [-0.25, -0.2) is 4.79 Å². The molecule has 0 aliphatic heterocycles. The van der Waals surface area contributed by atoms with Gasteiger partial charge >= 0.3 is 21.7 Å². The number of hydrogen-bond acceptors (Lipinski definition) is 6. The number of nitrogens with one attached hydrogen (secondary N) is 1. The van der Waals surface area contributed by atoms with Crippen LogP contribution >= 0.6 is 0 Å². The van der Waals surface area contributed by atoms with Gasteiger partial charge in [0.15, 0.2) is 5.75 Å². The number of benzene rings is 2. The quantitative estimate of drug-likeness (QED) is 0.374. The van der Waals surface area contributed by atoms with Crippen molar-refractivity contribution in [2.24, 2.45) is 0 Å². The second-order valence-corrected chi connectivity index (χ2v) is 9.69. The van der Waals surface area contributed by atoms with Crippen LogP contribution in [0, 0.1) is 6.92 Å². The number of nitrogens with zero attached hydrogens (tertiary/aromatic N) is 1. The van der Waals surface area contributed by atoms with Gasteiger partial charge < -0.3 is 8.92 Å². The number of carbonyl (C=O) groups is 1. The third-order valence-corrected chi connectivity index (χ3v) is 5.24. The largest absolute Gasteiger partial charge is 0.534 e. The third-order valence-electron chi connectivity index (χ3n) is 4.28. The maximum absolute atomic E-state index is 12.9. The molecule has 0 aliphatic rings. The first-order valence-electron chi connectivity index (χ1n) is 9.68. The molecule has 0 unspecified atom stereocenters.